The van der Waals surface area contributed by atoms with Gasteiger partial charge in [0.1, 0.15) is 6.54 Å². The number of urea groups is 1. The zero-order valence-corrected chi connectivity index (χ0v) is 13.3. The van der Waals surface area contributed by atoms with Crippen LogP contribution in [0.3, 0.4) is 0 Å². The summed E-state index contributed by atoms with van der Waals surface area (Å²) in [5.74, 6) is -0.267. The van der Waals surface area contributed by atoms with Gasteiger partial charge in [0, 0.05) is 24.2 Å². The van der Waals surface area contributed by atoms with Crippen molar-refractivity contribution in [3.05, 3.63) is 23.7 Å². The first-order chi connectivity index (χ1) is 10.1. The largest absolute Gasteiger partial charge is 0.338 e. The van der Waals surface area contributed by atoms with Crippen molar-refractivity contribution in [1.82, 2.24) is 15.2 Å². The molecule has 1 heterocycles. The molecule has 1 aromatic rings. The Hall–Kier alpha value is -1.89. The van der Waals surface area contributed by atoms with Gasteiger partial charge in [0.15, 0.2) is 5.13 Å². The first-order valence-corrected chi connectivity index (χ1v) is 7.74. The fraction of sp³-hybridized carbons (Fsp3) is 0.500. The van der Waals surface area contributed by atoms with Crippen LogP contribution in [0.15, 0.2) is 18.9 Å². The fourth-order valence-corrected chi connectivity index (χ4v) is 2.28. The number of carbonyl (C=O) groups is 2. The summed E-state index contributed by atoms with van der Waals surface area (Å²) in [7, 11) is 0. The van der Waals surface area contributed by atoms with Crippen LogP contribution in [0.2, 0.25) is 0 Å². The van der Waals surface area contributed by atoms with Gasteiger partial charge in [-0.3, -0.25) is 4.79 Å². The Balaban J connectivity index is 2.50. The lowest BCUT2D eigenvalue weighted by molar-refractivity contribution is -0.116. The first kappa shape index (κ1) is 17.2. The standard InChI is InChI=1S/C14H22N4O2S/c1-4-6-7-15-14(20)18(8-5-2)10-12(19)17-13-16-9-11(3)21-13/h5,9H,2,4,6-8,10H2,1,3H3,(H,15,20)(H,16,17,19). The van der Waals surface area contributed by atoms with Gasteiger partial charge in [-0.2, -0.15) is 0 Å². The van der Waals surface area contributed by atoms with Crippen molar-refractivity contribution in [2.75, 3.05) is 25.0 Å². The number of carbonyl (C=O) groups excluding carboxylic acids is 2. The van der Waals surface area contributed by atoms with Crippen LogP contribution in [0.1, 0.15) is 24.6 Å². The number of anilines is 1. The summed E-state index contributed by atoms with van der Waals surface area (Å²) in [5.41, 5.74) is 0. The van der Waals surface area contributed by atoms with E-state index >= 15 is 0 Å². The molecule has 0 saturated carbocycles. The van der Waals surface area contributed by atoms with Gasteiger partial charge in [0.25, 0.3) is 0 Å². The summed E-state index contributed by atoms with van der Waals surface area (Å²) >= 11 is 1.40. The van der Waals surface area contributed by atoms with E-state index in [4.69, 9.17) is 0 Å². The molecule has 0 aliphatic carbocycles. The lowest BCUT2D eigenvalue weighted by atomic mass is 10.3. The van der Waals surface area contributed by atoms with Gasteiger partial charge in [-0.05, 0) is 13.3 Å². The molecule has 3 amide bonds. The van der Waals surface area contributed by atoms with Gasteiger partial charge < -0.3 is 15.5 Å². The van der Waals surface area contributed by atoms with Gasteiger partial charge in [-0.15, -0.1) is 17.9 Å². The second kappa shape index (κ2) is 9.12. The van der Waals surface area contributed by atoms with Crippen LogP contribution in [-0.4, -0.2) is 41.5 Å². The molecule has 0 unspecified atom stereocenters. The average Bonchev–Trinajstić information content (AvgIpc) is 2.83. The van der Waals surface area contributed by atoms with Gasteiger partial charge in [0.05, 0.1) is 0 Å². The van der Waals surface area contributed by atoms with Crippen LogP contribution >= 0.6 is 11.3 Å². The highest BCUT2D eigenvalue weighted by Crippen LogP contribution is 2.16. The van der Waals surface area contributed by atoms with Gasteiger partial charge in [-0.25, -0.2) is 9.78 Å². The molecule has 0 saturated heterocycles. The monoisotopic (exact) mass is 310 g/mol. The molecule has 116 valence electrons. The Kier molecular flexibility index (Phi) is 7.45. The molecular weight excluding hydrogens is 288 g/mol. The number of unbranched alkanes of at least 4 members (excludes halogenated alkanes) is 1. The Labute approximate surface area is 129 Å². The number of nitrogens with one attached hydrogen (secondary N) is 2. The summed E-state index contributed by atoms with van der Waals surface area (Å²) in [5, 5.41) is 6.02. The summed E-state index contributed by atoms with van der Waals surface area (Å²) in [4.78, 5) is 30.4. The molecule has 1 rings (SSSR count). The number of nitrogens with zero attached hydrogens (tertiary/aromatic N) is 2. The van der Waals surface area contributed by atoms with Crippen molar-refractivity contribution in [1.29, 1.82) is 0 Å². The number of hydrogen-bond acceptors (Lipinski definition) is 4. The van der Waals surface area contributed by atoms with E-state index in [1.807, 2.05) is 6.92 Å². The van der Waals surface area contributed by atoms with E-state index in [-0.39, 0.29) is 18.5 Å². The zero-order chi connectivity index (χ0) is 15.7. The maximum atomic E-state index is 12.0. The Morgan fingerprint density at radius 2 is 2.29 bits per heavy atom. The number of hydrogen-bond donors (Lipinski definition) is 2. The summed E-state index contributed by atoms with van der Waals surface area (Å²) in [6.07, 6.45) is 5.21. The van der Waals surface area contributed by atoms with Crippen molar-refractivity contribution >= 4 is 28.4 Å². The van der Waals surface area contributed by atoms with E-state index in [1.54, 1.807) is 12.3 Å². The number of rotatable bonds is 8. The van der Waals surface area contributed by atoms with Crippen molar-refractivity contribution < 1.29 is 9.59 Å². The van der Waals surface area contributed by atoms with Crippen LogP contribution in [0.25, 0.3) is 0 Å². The molecule has 0 atom stereocenters. The maximum Gasteiger partial charge on any atom is 0.318 e. The molecule has 7 heteroatoms. The lowest BCUT2D eigenvalue weighted by Crippen LogP contribution is -2.44. The minimum atomic E-state index is -0.267. The zero-order valence-electron chi connectivity index (χ0n) is 12.5. The SMILES string of the molecule is C=CCN(CC(=O)Nc1ncc(C)s1)C(=O)NCCCC. The molecule has 6 nitrogen and oxygen atoms in total. The summed E-state index contributed by atoms with van der Waals surface area (Å²) < 4.78 is 0. The summed E-state index contributed by atoms with van der Waals surface area (Å²) in [6.45, 7) is 8.48. The minimum absolute atomic E-state index is 0.0252. The normalized spacial score (nSPS) is 10.0. The highest BCUT2D eigenvalue weighted by atomic mass is 32.1. The third-order valence-electron chi connectivity index (χ3n) is 2.65. The third-order valence-corrected chi connectivity index (χ3v) is 3.47. The van der Waals surface area contributed by atoms with E-state index < -0.39 is 0 Å². The molecular formula is C14H22N4O2S. The van der Waals surface area contributed by atoms with Crippen molar-refractivity contribution in [3.63, 3.8) is 0 Å². The fourth-order valence-electron chi connectivity index (χ4n) is 1.60. The second-order valence-electron chi connectivity index (χ2n) is 4.58. The molecule has 1 aromatic heterocycles. The predicted molar refractivity (Wildman–Crippen MR) is 85.6 cm³/mol. The van der Waals surface area contributed by atoms with Gasteiger partial charge >= 0.3 is 6.03 Å². The number of aromatic nitrogens is 1. The predicted octanol–water partition coefficient (Wildman–Crippen LogP) is 2.39. The van der Waals surface area contributed by atoms with Crippen molar-refractivity contribution in [2.45, 2.75) is 26.7 Å². The van der Waals surface area contributed by atoms with E-state index in [2.05, 4.69) is 29.1 Å². The molecule has 0 spiro atoms. The van der Waals surface area contributed by atoms with E-state index in [0.717, 1.165) is 17.7 Å². The van der Waals surface area contributed by atoms with E-state index in [1.165, 1.54) is 16.2 Å². The molecule has 0 radical (unpaired) electrons. The molecule has 0 aliphatic rings. The molecule has 0 fully saturated rings. The first-order valence-electron chi connectivity index (χ1n) is 6.92. The lowest BCUT2D eigenvalue weighted by Gasteiger charge is -2.20. The topological polar surface area (TPSA) is 74.3 Å². The van der Waals surface area contributed by atoms with E-state index in [9.17, 15) is 9.59 Å². The van der Waals surface area contributed by atoms with Gasteiger partial charge in [0.2, 0.25) is 5.91 Å². The maximum absolute atomic E-state index is 12.0. The minimum Gasteiger partial charge on any atom is -0.338 e. The van der Waals surface area contributed by atoms with Crippen LogP contribution < -0.4 is 10.6 Å². The Bertz CT molecular complexity index is 487. The highest BCUT2D eigenvalue weighted by Gasteiger charge is 2.16. The second-order valence-corrected chi connectivity index (χ2v) is 5.81. The molecule has 0 aromatic carbocycles. The summed E-state index contributed by atoms with van der Waals surface area (Å²) in [6, 6.07) is -0.256. The smallest absolute Gasteiger partial charge is 0.318 e. The number of amides is 3. The number of aryl methyl sites for hydroxylation is 1. The molecule has 0 aliphatic heterocycles. The highest BCUT2D eigenvalue weighted by molar-refractivity contribution is 7.15. The number of thiazole rings is 1. The van der Waals surface area contributed by atoms with Crippen molar-refractivity contribution in [2.24, 2.45) is 0 Å². The van der Waals surface area contributed by atoms with Crippen LogP contribution in [0, 0.1) is 6.92 Å². The van der Waals surface area contributed by atoms with Crippen LogP contribution in [0.4, 0.5) is 9.93 Å². The quantitative estimate of drug-likeness (QED) is 0.572. The molecule has 21 heavy (non-hydrogen) atoms. The Morgan fingerprint density at radius 1 is 1.52 bits per heavy atom. The average molecular weight is 310 g/mol. The third kappa shape index (κ3) is 6.40. The molecule has 2 N–H and O–H groups in total. The van der Waals surface area contributed by atoms with Crippen LogP contribution in [-0.2, 0) is 4.79 Å². The van der Waals surface area contributed by atoms with E-state index in [0.29, 0.717) is 18.2 Å². The molecule has 0 bridgehead atoms. The van der Waals surface area contributed by atoms with Crippen molar-refractivity contribution in [3.8, 4) is 0 Å². The Morgan fingerprint density at radius 3 is 2.86 bits per heavy atom. The van der Waals surface area contributed by atoms with Crippen LogP contribution in [0.5, 0.6) is 0 Å². The van der Waals surface area contributed by atoms with Gasteiger partial charge in [-0.1, -0.05) is 19.4 Å².